The Morgan fingerprint density at radius 3 is 2.53 bits per heavy atom. The molecule has 1 saturated heterocycles. The molecule has 154 valence electrons. The van der Waals surface area contributed by atoms with Crippen molar-refractivity contribution in [3.8, 4) is 11.3 Å². The van der Waals surface area contributed by atoms with Gasteiger partial charge in [0.2, 0.25) is 0 Å². The van der Waals surface area contributed by atoms with E-state index in [1.807, 2.05) is 30.0 Å². The molecule has 0 bridgehead atoms. The number of aryl methyl sites for hydroxylation is 1. The third-order valence-electron chi connectivity index (χ3n) is 4.81. The number of anilines is 3. The molecule has 1 aliphatic rings. The van der Waals surface area contributed by atoms with E-state index in [4.69, 9.17) is 0 Å². The Morgan fingerprint density at radius 1 is 1.03 bits per heavy atom. The van der Waals surface area contributed by atoms with Crippen molar-refractivity contribution >= 4 is 35.0 Å². The minimum atomic E-state index is -0.442. The molecule has 2 amide bonds. The van der Waals surface area contributed by atoms with Gasteiger partial charge in [-0.05, 0) is 36.8 Å². The molecule has 2 N–H and O–H groups in total. The molecule has 2 aromatic carbocycles. The number of urea groups is 1. The smallest absolute Gasteiger partial charge is 0.323 e. The van der Waals surface area contributed by atoms with Gasteiger partial charge >= 0.3 is 6.03 Å². The van der Waals surface area contributed by atoms with E-state index >= 15 is 0 Å². The predicted octanol–water partition coefficient (Wildman–Crippen LogP) is 4.79. The third kappa shape index (κ3) is 4.71. The van der Waals surface area contributed by atoms with Crippen LogP contribution in [-0.4, -0.2) is 40.6 Å². The highest BCUT2D eigenvalue weighted by Crippen LogP contribution is 2.30. The maximum atomic E-state index is 13.7. The lowest BCUT2D eigenvalue weighted by Crippen LogP contribution is -2.33. The second-order valence-electron chi connectivity index (χ2n) is 6.95. The van der Waals surface area contributed by atoms with Crippen LogP contribution in [0.5, 0.6) is 0 Å². The Kier molecular flexibility index (Phi) is 6.13. The van der Waals surface area contributed by atoms with Crippen LogP contribution >= 0.6 is 11.8 Å². The number of hydrogen-bond acceptors (Lipinski definition) is 5. The second-order valence-corrected chi connectivity index (χ2v) is 8.18. The highest BCUT2D eigenvalue weighted by Gasteiger charge is 2.18. The number of nitrogens with zero attached hydrogens (tertiary/aromatic N) is 3. The zero-order chi connectivity index (χ0) is 20.9. The Labute approximate surface area is 178 Å². The molecule has 0 unspecified atom stereocenters. The Hall–Kier alpha value is -3.13. The fourth-order valence-electron chi connectivity index (χ4n) is 3.25. The van der Waals surface area contributed by atoms with Crippen molar-refractivity contribution in [2.45, 2.75) is 6.92 Å². The molecular weight excluding hydrogens is 401 g/mol. The fraction of sp³-hybridized carbons (Fsp3) is 0.227. The summed E-state index contributed by atoms with van der Waals surface area (Å²) in [7, 11) is 0. The average molecular weight is 424 g/mol. The van der Waals surface area contributed by atoms with Gasteiger partial charge in [-0.3, -0.25) is 4.98 Å². The Balaban J connectivity index is 1.52. The van der Waals surface area contributed by atoms with Crippen LogP contribution in [0.4, 0.5) is 26.4 Å². The van der Waals surface area contributed by atoms with E-state index in [0.717, 1.165) is 41.7 Å². The van der Waals surface area contributed by atoms with Gasteiger partial charge in [0.25, 0.3) is 0 Å². The SMILES string of the molecule is Cc1ccc(NC(=O)Nc2cccc(-c3nccnc3N3CCSCC3)c2)cc1F. The lowest BCUT2D eigenvalue weighted by Gasteiger charge is -2.28. The maximum absolute atomic E-state index is 13.7. The molecule has 0 spiro atoms. The van der Waals surface area contributed by atoms with Crippen molar-refractivity contribution in [1.82, 2.24) is 9.97 Å². The first-order chi connectivity index (χ1) is 14.6. The van der Waals surface area contributed by atoms with Gasteiger partial charge < -0.3 is 15.5 Å². The van der Waals surface area contributed by atoms with E-state index in [1.165, 1.54) is 6.07 Å². The lowest BCUT2D eigenvalue weighted by atomic mass is 10.1. The third-order valence-corrected chi connectivity index (χ3v) is 5.76. The van der Waals surface area contributed by atoms with Gasteiger partial charge in [-0.25, -0.2) is 14.2 Å². The molecule has 4 rings (SSSR count). The first kappa shape index (κ1) is 20.2. The number of thioether (sulfide) groups is 1. The van der Waals surface area contributed by atoms with Gasteiger partial charge in [-0.1, -0.05) is 18.2 Å². The van der Waals surface area contributed by atoms with Crippen molar-refractivity contribution < 1.29 is 9.18 Å². The quantitative estimate of drug-likeness (QED) is 0.632. The van der Waals surface area contributed by atoms with E-state index in [2.05, 4.69) is 25.5 Å². The molecule has 0 aliphatic carbocycles. The van der Waals surface area contributed by atoms with Crippen LogP contribution < -0.4 is 15.5 Å². The maximum Gasteiger partial charge on any atom is 0.323 e. The normalized spacial score (nSPS) is 13.7. The molecule has 30 heavy (non-hydrogen) atoms. The van der Waals surface area contributed by atoms with E-state index in [-0.39, 0.29) is 5.82 Å². The molecule has 6 nitrogen and oxygen atoms in total. The monoisotopic (exact) mass is 423 g/mol. The summed E-state index contributed by atoms with van der Waals surface area (Å²) in [5, 5.41) is 5.45. The molecule has 1 fully saturated rings. The van der Waals surface area contributed by atoms with E-state index < -0.39 is 6.03 Å². The molecule has 8 heteroatoms. The number of carbonyl (C=O) groups is 1. The number of carbonyl (C=O) groups excluding carboxylic acids is 1. The highest BCUT2D eigenvalue weighted by molar-refractivity contribution is 7.99. The first-order valence-electron chi connectivity index (χ1n) is 9.68. The molecule has 0 radical (unpaired) electrons. The number of nitrogens with one attached hydrogen (secondary N) is 2. The van der Waals surface area contributed by atoms with Crippen molar-refractivity contribution in [3.05, 3.63) is 66.2 Å². The number of hydrogen-bond donors (Lipinski definition) is 2. The summed E-state index contributed by atoms with van der Waals surface area (Å²) < 4.78 is 13.7. The zero-order valence-corrected chi connectivity index (χ0v) is 17.4. The van der Waals surface area contributed by atoms with E-state index in [0.29, 0.717) is 16.9 Å². The fourth-order valence-corrected chi connectivity index (χ4v) is 4.15. The Bertz CT molecular complexity index is 1060. The molecule has 1 aromatic heterocycles. The van der Waals surface area contributed by atoms with Gasteiger partial charge in [-0.15, -0.1) is 0 Å². The van der Waals surface area contributed by atoms with Crippen LogP contribution in [0, 0.1) is 12.7 Å². The lowest BCUT2D eigenvalue weighted by molar-refractivity contribution is 0.262. The number of rotatable bonds is 4. The van der Waals surface area contributed by atoms with Gasteiger partial charge in [0.15, 0.2) is 5.82 Å². The summed E-state index contributed by atoms with van der Waals surface area (Å²) in [5.41, 5.74) is 3.19. The number of halogens is 1. The number of benzene rings is 2. The van der Waals surface area contributed by atoms with Gasteiger partial charge in [-0.2, -0.15) is 11.8 Å². The Morgan fingerprint density at radius 2 is 1.77 bits per heavy atom. The largest absolute Gasteiger partial charge is 0.353 e. The first-order valence-corrected chi connectivity index (χ1v) is 10.8. The summed E-state index contributed by atoms with van der Waals surface area (Å²) in [5.74, 6) is 2.63. The molecule has 3 aromatic rings. The minimum Gasteiger partial charge on any atom is -0.353 e. The van der Waals surface area contributed by atoms with Crippen molar-refractivity contribution in [2.75, 3.05) is 40.1 Å². The summed E-state index contributed by atoms with van der Waals surface area (Å²) in [6.07, 6.45) is 3.38. The summed E-state index contributed by atoms with van der Waals surface area (Å²) in [6.45, 7) is 3.54. The molecule has 1 aliphatic heterocycles. The van der Waals surface area contributed by atoms with Crippen LogP contribution in [0.25, 0.3) is 11.3 Å². The van der Waals surface area contributed by atoms with E-state index in [9.17, 15) is 9.18 Å². The number of amides is 2. The van der Waals surface area contributed by atoms with Crippen molar-refractivity contribution in [1.29, 1.82) is 0 Å². The van der Waals surface area contributed by atoms with Crippen LogP contribution in [0.2, 0.25) is 0 Å². The predicted molar refractivity (Wildman–Crippen MR) is 121 cm³/mol. The summed E-state index contributed by atoms with van der Waals surface area (Å²) in [6, 6.07) is 11.6. The number of aromatic nitrogens is 2. The van der Waals surface area contributed by atoms with E-state index in [1.54, 1.807) is 37.5 Å². The molecule has 2 heterocycles. The zero-order valence-electron chi connectivity index (χ0n) is 16.6. The van der Waals surface area contributed by atoms with Gasteiger partial charge in [0, 0.05) is 53.9 Å². The van der Waals surface area contributed by atoms with Crippen LogP contribution in [0.3, 0.4) is 0 Å². The van der Waals surface area contributed by atoms with Crippen molar-refractivity contribution in [3.63, 3.8) is 0 Å². The molecule has 0 atom stereocenters. The minimum absolute atomic E-state index is 0.360. The van der Waals surface area contributed by atoms with Gasteiger partial charge in [0.05, 0.1) is 0 Å². The second kappa shape index (κ2) is 9.13. The topological polar surface area (TPSA) is 70.1 Å². The van der Waals surface area contributed by atoms with Crippen LogP contribution in [0.1, 0.15) is 5.56 Å². The highest BCUT2D eigenvalue weighted by atomic mass is 32.2. The van der Waals surface area contributed by atoms with Gasteiger partial charge in [0.1, 0.15) is 11.5 Å². The summed E-state index contributed by atoms with van der Waals surface area (Å²) in [4.78, 5) is 23.7. The average Bonchev–Trinajstić information content (AvgIpc) is 2.77. The van der Waals surface area contributed by atoms with Crippen molar-refractivity contribution in [2.24, 2.45) is 0 Å². The summed E-state index contributed by atoms with van der Waals surface area (Å²) >= 11 is 1.94. The molecule has 0 saturated carbocycles. The standard InChI is InChI=1S/C22H22FN5OS/c1-15-5-6-18(14-19(15)23)27-22(29)26-17-4-2-3-16(13-17)20-21(25-8-7-24-20)28-9-11-30-12-10-28/h2-8,13-14H,9-12H2,1H3,(H2,26,27,29). The van der Waals surface area contributed by atoms with Crippen LogP contribution in [0.15, 0.2) is 54.9 Å². The molecular formula is C22H22FN5OS. The van der Waals surface area contributed by atoms with Crippen LogP contribution in [-0.2, 0) is 0 Å².